The van der Waals surface area contributed by atoms with E-state index in [0.29, 0.717) is 12.5 Å². The van der Waals surface area contributed by atoms with Gasteiger partial charge in [0.25, 0.3) is 5.95 Å². The maximum Gasteiger partial charge on any atom is 0.253 e. The van der Waals surface area contributed by atoms with Crippen molar-refractivity contribution < 1.29 is 4.39 Å². The molecular formula is C17H14FN5S. The topological polar surface area (TPSA) is 55.6 Å². The van der Waals surface area contributed by atoms with Crippen LogP contribution in [0, 0.1) is 12.7 Å². The summed E-state index contributed by atoms with van der Waals surface area (Å²) >= 11 is 1.58. The van der Waals surface area contributed by atoms with Crippen LogP contribution in [0.4, 0.5) is 10.2 Å². The highest BCUT2D eigenvalue weighted by Crippen LogP contribution is 2.30. The van der Waals surface area contributed by atoms with Crippen molar-refractivity contribution in [1.29, 1.82) is 0 Å². The van der Waals surface area contributed by atoms with Gasteiger partial charge in [-0.25, -0.2) is 9.07 Å². The van der Waals surface area contributed by atoms with Gasteiger partial charge in [0.05, 0.1) is 5.39 Å². The summed E-state index contributed by atoms with van der Waals surface area (Å²) in [5, 5.41) is 10.6. The number of rotatable bonds is 4. The molecule has 120 valence electrons. The molecule has 0 saturated carbocycles. The number of halogens is 1. The molecule has 4 aromatic rings. The summed E-state index contributed by atoms with van der Waals surface area (Å²) in [5.74, 6) is 1.04. The first kappa shape index (κ1) is 14.8. The number of nitrogens with zero attached hydrogens (tertiary/aromatic N) is 4. The summed E-state index contributed by atoms with van der Waals surface area (Å²) in [4.78, 5) is 10.1. The van der Waals surface area contributed by atoms with Gasteiger partial charge in [-0.3, -0.25) is 0 Å². The third-order valence-electron chi connectivity index (χ3n) is 3.69. The van der Waals surface area contributed by atoms with Crippen LogP contribution in [-0.4, -0.2) is 19.7 Å². The summed E-state index contributed by atoms with van der Waals surface area (Å²) in [7, 11) is 0. The first-order valence-corrected chi connectivity index (χ1v) is 8.33. The molecule has 7 heteroatoms. The van der Waals surface area contributed by atoms with Crippen LogP contribution in [0.15, 0.2) is 48.1 Å². The van der Waals surface area contributed by atoms with Crippen molar-refractivity contribution in [3.8, 4) is 5.95 Å². The second kappa shape index (κ2) is 6.01. The first-order valence-electron chi connectivity index (χ1n) is 7.45. The molecule has 0 radical (unpaired) electrons. The highest BCUT2D eigenvalue weighted by molar-refractivity contribution is 7.17. The Morgan fingerprint density at radius 3 is 2.79 bits per heavy atom. The molecule has 1 aromatic carbocycles. The van der Waals surface area contributed by atoms with Crippen molar-refractivity contribution in [1.82, 2.24) is 19.7 Å². The van der Waals surface area contributed by atoms with E-state index in [1.54, 1.807) is 34.3 Å². The van der Waals surface area contributed by atoms with Gasteiger partial charge in [0.2, 0.25) is 0 Å². The van der Waals surface area contributed by atoms with Gasteiger partial charge >= 0.3 is 0 Å². The van der Waals surface area contributed by atoms with E-state index in [9.17, 15) is 4.39 Å². The van der Waals surface area contributed by atoms with Crippen LogP contribution in [0.25, 0.3) is 16.2 Å². The van der Waals surface area contributed by atoms with E-state index < -0.39 is 0 Å². The molecule has 0 fully saturated rings. The molecule has 3 heterocycles. The molecule has 3 aromatic heterocycles. The molecule has 0 aliphatic heterocycles. The Bertz CT molecular complexity index is 976. The summed E-state index contributed by atoms with van der Waals surface area (Å²) < 4.78 is 14.7. The lowest BCUT2D eigenvalue weighted by Crippen LogP contribution is -2.07. The van der Waals surface area contributed by atoms with E-state index in [0.717, 1.165) is 27.2 Å². The van der Waals surface area contributed by atoms with Crippen molar-refractivity contribution in [2.75, 3.05) is 5.32 Å². The lowest BCUT2D eigenvalue weighted by Gasteiger charge is -2.10. The standard InChI is InChI=1S/C17H14FN5S/c1-11-10-24-16-14(11)15(19-9-12-3-5-13(18)6-4-12)21-17(22-16)23-8-2-7-20-23/h2-8,10H,9H2,1H3,(H,19,21,22). The molecule has 0 aliphatic carbocycles. The highest BCUT2D eigenvalue weighted by atomic mass is 32.1. The fourth-order valence-corrected chi connectivity index (χ4v) is 3.39. The van der Waals surface area contributed by atoms with E-state index in [1.807, 2.05) is 19.2 Å². The van der Waals surface area contributed by atoms with Gasteiger partial charge in [0.15, 0.2) is 0 Å². The predicted molar refractivity (Wildman–Crippen MR) is 93.0 cm³/mol. The van der Waals surface area contributed by atoms with Gasteiger partial charge in [0.1, 0.15) is 16.5 Å². The molecule has 5 nitrogen and oxygen atoms in total. The summed E-state index contributed by atoms with van der Waals surface area (Å²) in [6.07, 6.45) is 3.50. The van der Waals surface area contributed by atoms with Gasteiger partial charge < -0.3 is 5.32 Å². The van der Waals surface area contributed by atoms with Crippen molar-refractivity contribution in [2.24, 2.45) is 0 Å². The average Bonchev–Trinajstić information content (AvgIpc) is 3.24. The third kappa shape index (κ3) is 2.74. The fourth-order valence-electron chi connectivity index (χ4n) is 2.48. The molecule has 0 unspecified atom stereocenters. The second-order valence-electron chi connectivity index (χ2n) is 5.40. The van der Waals surface area contributed by atoms with Crippen molar-refractivity contribution in [2.45, 2.75) is 13.5 Å². The molecular weight excluding hydrogens is 325 g/mol. The number of thiophene rings is 1. The lowest BCUT2D eigenvalue weighted by molar-refractivity contribution is 0.627. The second-order valence-corrected chi connectivity index (χ2v) is 6.26. The fraction of sp³-hybridized carbons (Fsp3) is 0.118. The summed E-state index contributed by atoms with van der Waals surface area (Å²) in [6.45, 7) is 2.60. The Kier molecular flexibility index (Phi) is 3.70. The third-order valence-corrected chi connectivity index (χ3v) is 4.68. The number of benzene rings is 1. The number of anilines is 1. The normalized spacial score (nSPS) is 11.1. The van der Waals surface area contributed by atoms with Crippen LogP contribution in [0.1, 0.15) is 11.1 Å². The van der Waals surface area contributed by atoms with Gasteiger partial charge in [-0.05, 0) is 41.6 Å². The molecule has 1 N–H and O–H groups in total. The SMILES string of the molecule is Cc1csc2nc(-n3cccn3)nc(NCc3ccc(F)cc3)c12. The van der Waals surface area contributed by atoms with Crippen molar-refractivity contribution >= 4 is 27.4 Å². The van der Waals surface area contributed by atoms with Crippen molar-refractivity contribution in [3.05, 3.63) is 65.0 Å². The highest BCUT2D eigenvalue weighted by Gasteiger charge is 2.13. The summed E-state index contributed by atoms with van der Waals surface area (Å²) in [6, 6.07) is 8.26. The Labute approximate surface area is 141 Å². The molecule has 0 saturated heterocycles. The Morgan fingerprint density at radius 1 is 1.21 bits per heavy atom. The Hall–Kier alpha value is -2.80. The van der Waals surface area contributed by atoms with Crippen LogP contribution in [0.3, 0.4) is 0 Å². The van der Waals surface area contributed by atoms with E-state index >= 15 is 0 Å². The maximum absolute atomic E-state index is 13.0. The van der Waals surface area contributed by atoms with Gasteiger partial charge in [-0.1, -0.05) is 12.1 Å². The largest absolute Gasteiger partial charge is 0.365 e. The predicted octanol–water partition coefficient (Wildman–Crippen LogP) is 3.94. The lowest BCUT2D eigenvalue weighted by atomic mass is 10.2. The maximum atomic E-state index is 13.0. The minimum absolute atomic E-state index is 0.238. The minimum atomic E-state index is -0.238. The number of hydrogen-bond acceptors (Lipinski definition) is 5. The molecule has 0 atom stereocenters. The molecule has 24 heavy (non-hydrogen) atoms. The van der Waals surface area contributed by atoms with Crippen LogP contribution in [0.5, 0.6) is 0 Å². The van der Waals surface area contributed by atoms with Gasteiger partial charge in [0, 0.05) is 18.9 Å². The van der Waals surface area contributed by atoms with Crippen LogP contribution >= 0.6 is 11.3 Å². The van der Waals surface area contributed by atoms with E-state index in [-0.39, 0.29) is 5.82 Å². The number of nitrogens with one attached hydrogen (secondary N) is 1. The van der Waals surface area contributed by atoms with Crippen LogP contribution in [0.2, 0.25) is 0 Å². The first-order chi connectivity index (χ1) is 11.7. The molecule has 0 aliphatic rings. The van der Waals surface area contributed by atoms with Crippen LogP contribution in [-0.2, 0) is 6.54 Å². The average molecular weight is 339 g/mol. The Balaban J connectivity index is 1.72. The zero-order valence-electron chi connectivity index (χ0n) is 12.9. The number of fused-ring (bicyclic) bond motifs is 1. The number of hydrogen-bond donors (Lipinski definition) is 1. The van der Waals surface area contributed by atoms with E-state index in [2.05, 4.69) is 25.8 Å². The summed E-state index contributed by atoms with van der Waals surface area (Å²) in [5.41, 5.74) is 2.11. The van der Waals surface area contributed by atoms with Crippen molar-refractivity contribution in [3.63, 3.8) is 0 Å². The van der Waals surface area contributed by atoms with E-state index in [4.69, 9.17) is 0 Å². The van der Waals surface area contributed by atoms with Crippen LogP contribution < -0.4 is 5.32 Å². The van der Waals surface area contributed by atoms with Gasteiger partial charge in [-0.2, -0.15) is 15.1 Å². The number of aromatic nitrogens is 4. The molecule has 4 rings (SSSR count). The molecule has 0 amide bonds. The zero-order valence-corrected chi connectivity index (χ0v) is 13.7. The quantitative estimate of drug-likeness (QED) is 0.612. The molecule has 0 spiro atoms. The minimum Gasteiger partial charge on any atom is -0.365 e. The smallest absolute Gasteiger partial charge is 0.253 e. The number of aryl methyl sites for hydroxylation is 1. The monoisotopic (exact) mass is 339 g/mol. The molecule has 0 bridgehead atoms. The zero-order chi connectivity index (χ0) is 16.5. The van der Waals surface area contributed by atoms with E-state index in [1.165, 1.54) is 12.1 Å². The van der Waals surface area contributed by atoms with Gasteiger partial charge in [-0.15, -0.1) is 11.3 Å². The Morgan fingerprint density at radius 2 is 2.04 bits per heavy atom.